The smallest absolute Gasteiger partial charge is 0.0835 e. The highest BCUT2D eigenvalue weighted by molar-refractivity contribution is 9.09. The summed E-state index contributed by atoms with van der Waals surface area (Å²) in [6, 6.07) is 0.806. The number of nitrogens with two attached hydrogens (primary N) is 1. The van der Waals surface area contributed by atoms with Gasteiger partial charge in [0.1, 0.15) is 0 Å². The van der Waals surface area contributed by atoms with Crippen molar-refractivity contribution in [3.63, 3.8) is 0 Å². The molecule has 4 unspecified atom stereocenters. The number of rotatable bonds is 1. The van der Waals surface area contributed by atoms with Gasteiger partial charge in [-0.3, -0.25) is 0 Å². The number of alkyl halides is 1. The Kier molecular flexibility index (Phi) is 4.01. The molecule has 0 amide bonds. The maximum atomic E-state index is 12.2. The quantitative estimate of drug-likeness (QED) is 0.688. The van der Waals surface area contributed by atoms with Crippen LogP contribution in [0.2, 0.25) is 0 Å². The Balaban J connectivity index is 2.75. The standard InChI is InChI=1S/C11H21BrNO/c1-7-5-8(6-12)9(14)10(13-7)11(2,3)4/h7-10,13H,5-6H2,1-4H3/q-1/p+1. The van der Waals surface area contributed by atoms with Gasteiger partial charge in [-0.25, -0.2) is 0 Å². The third-order valence-electron chi connectivity index (χ3n) is 3.23. The molecular formula is C11H22BrNO. The average Bonchev–Trinajstić information content (AvgIpc) is 2.06. The molecule has 1 aliphatic heterocycles. The Morgan fingerprint density at radius 2 is 2.00 bits per heavy atom. The van der Waals surface area contributed by atoms with Crippen LogP contribution >= 0.6 is 15.9 Å². The van der Waals surface area contributed by atoms with E-state index >= 15 is 0 Å². The first-order valence-electron chi connectivity index (χ1n) is 5.43. The normalized spacial score (nSPS) is 39.9. The van der Waals surface area contributed by atoms with Crippen LogP contribution in [0.25, 0.3) is 0 Å². The second-order valence-corrected chi connectivity index (χ2v) is 6.32. The highest BCUT2D eigenvalue weighted by atomic mass is 79.9. The first kappa shape index (κ1) is 12.5. The summed E-state index contributed by atoms with van der Waals surface area (Å²) in [5.74, 6) is 0.305. The van der Waals surface area contributed by atoms with E-state index in [1.54, 1.807) is 0 Å². The summed E-state index contributed by atoms with van der Waals surface area (Å²) in [6.45, 7) is 8.73. The van der Waals surface area contributed by atoms with Crippen LogP contribution in [0.4, 0.5) is 0 Å². The van der Waals surface area contributed by atoms with Gasteiger partial charge in [-0.05, 0) is 12.8 Å². The van der Waals surface area contributed by atoms with Crippen molar-refractivity contribution in [2.75, 3.05) is 5.33 Å². The van der Waals surface area contributed by atoms with Crippen LogP contribution in [0, 0.1) is 11.3 Å². The molecule has 1 saturated heterocycles. The summed E-state index contributed by atoms with van der Waals surface area (Å²) in [5, 5.41) is 15.3. The molecule has 0 saturated carbocycles. The van der Waals surface area contributed by atoms with Gasteiger partial charge in [0.25, 0.3) is 0 Å². The molecule has 4 atom stereocenters. The van der Waals surface area contributed by atoms with Crippen LogP contribution < -0.4 is 10.4 Å². The number of halogens is 1. The molecule has 1 rings (SSSR count). The van der Waals surface area contributed by atoms with Gasteiger partial charge in [-0.1, -0.05) is 42.8 Å². The third-order valence-corrected chi connectivity index (χ3v) is 4.06. The number of hydrogen-bond donors (Lipinski definition) is 1. The third kappa shape index (κ3) is 2.71. The van der Waals surface area contributed by atoms with Crippen LogP contribution in [0.3, 0.4) is 0 Å². The van der Waals surface area contributed by atoms with Gasteiger partial charge in [0.2, 0.25) is 0 Å². The summed E-state index contributed by atoms with van der Waals surface area (Å²) in [5.41, 5.74) is 0.113. The Bertz CT molecular complexity index is 190. The van der Waals surface area contributed by atoms with Gasteiger partial charge in [0.05, 0.1) is 12.1 Å². The molecule has 3 heteroatoms. The van der Waals surface area contributed by atoms with E-state index in [0.29, 0.717) is 12.0 Å². The van der Waals surface area contributed by atoms with Gasteiger partial charge in [-0.15, -0.1) is 0 Å². The minimum absolute atomic E-state index is 0.113. The van der Waals surface area contributed by atoms with E-state index in [9.17, 15) is 5.11 Å². The van der Waals surface area contributed by atoms with Gasteiger partial charge < -0.3 is 10.4 Å². The molecule has 0 aliphatic carbocycles. The van der Waals surface area contributed by atoms with Crippen molar-refractivity contribution in [1.29, 1.82) is 0 Å². The van der Waals surface area contributed by atoms with Crippen LogP contribution in [0.1, 0.15) is 34.1 Å². The molecule has 1 heterocycles. The van der Waals surface area contributed by atoms with Crippen molar-refractivity contribution in [3.05, 3.63) is 0 Å². The minimum Gasteiger partial charge on any atom is -0.848 e. The highest BCUT2D eigenvalue weighted by Crippen LogP contribution is 2.26. The van der Waals surface area contributed by atoms with Crippen LogP contribution in [0.5, 0.6) is 0 Å². The highest BCUT2D eigenvalue weighted by Gasteiger charge is 2.38. The van der Waals surface area contributed by atoms with Crippen LogP contribution in [0.15, 0.2) is 0 Å². The maximum Gasteiger partial charge on any atom is 0.0835 e. The molecule has 1 aliphatic rings. The molecule has 0 aromatic rings. The number of hydrogen-bond acceptors (Lipinski definition) is 1. The minimum atomic E-state index is -0.425. The molecule has 1 fully saturated rings. The lowest BCUT2D eigenvalue weighted by molar-refractivity contribution is -0.768. The first-order chi connectivity index (χ1) is 6.36. The number of quaternary nitrogens is 1. The molecule has 0 aromatic heterocycles. The zero-order chi connectivity index (χ0) is 10.9. The lowest BCUT2D eigenvalue weighted by atomic mass is 9.75. The predicted molar refractivity (Wildman–Crippen MR) is 60.3 cm³/mol. The maximum absolute atomic E-state index is 12.2. The molecule has 2 N–H and O–H groups in total. The van der Waals surface area contributed by atoms with Crippen molar-refractivity contribution < 1.29 is 10.4 Å². The van der Waals surface area contributed by atoms with E-state index < -0.39 is 6.10 Å². The Hall–Kier alpha value is 0.400. The van der Waals surface area contributed by atoms with Crippen molar-refractivity contribution in [1.82, 2.24) is 0 Å². The van der Waals surface area contributed by atoms with Crippen molar-refractivity contribution in [2.24, 2.45) is 11.3 Å². The number of piperidine rings is 1. The Labute approximate surface area is 95.6 Å². The largest absolute Gasteiger partial charge is 0.848 e. The summed E-state index contributed by atoms with van der Waals surface area (Å²) in [4.78, 5) is 0. The average molecular weight is 264 g/mol. The summed E-state index contributed by atoms with van der Waals surface area (Å²) in [7, 11) is 0. The molecule has 0 radical (unpaired) electrons. The zero-order valence-electron chi connectivity index (χ0n) is 9.59. The van der Waals surface area contributed by atoms with Crippen molar-refractivity contribution in [2.45, 2.75) is 52.3 Å². The monoisotopic (exact) mass is 263 g/mol. The van der Waals surface area contributed by atoms with Crippen molar-refractivity contribution in [3.8, 4) is 0 Å². The van der Waals surface area contributed by atoms with E-state index in [0.717, 1.165) is 11.8 Å². The first-order valence-corrected chi connectivity index (χ1v) is 6.55. The summed E-state index contributed by atoms with van der Waals surface area (Å²) < 4.78 is 0. The van der Waals surface area contributed by atoms with E-state index in [1.807, 2.05) is 0 Å². The van der Waals surface area contributed by atoms with Crippen LogP contribution in [-0.4, -0.2) is 23.5 Å². The molecule has 2 nitrogen and oxygen atoms in total. The van der Waals surface area contributed by atoms with E-state index in [4.69, 9.17) is 0 Å². The van der Waals surface area contributed by atoms with E-state index in [1.165, 1.54) is 0 Å². The van der Waals surface area contributed by atoms with Crippen molar-refractivity contribution >= 4 is 15.9 Å². The molecular weight excluding hydrogens is 242 g/mol. The SMILES string of the molecule is CC1CC(CBr)C([O-])C(C(C)(C)C)[NH2+]1. The zero-order valence-corrected chi connectivity index (χ0v) is 11.2. The van der Waals surface area contributed by atoms with E-state index in [2.05, 4.69) is 48.9 Å². The summed E-state index contributed by atoms with van der Waals surface area (Å²) >= 11 is 3.46. The molecule has 84 valence electrons. The molecule has 14 heavy (non-hydrogen) atoms. The fourth-order valence-electron chi connectivity index (χ4n) is 2.38. The molecule has 0 spiro atoms. The second kappa shape index (κ2) is 4.50. The fourth-order valence-corrected chi connectivity index (χ4v) is 3.01. The fraction of sp³-hybridized carbons (Fsp3) is 1.00. The van der Waals surface area contributed by atoms with Gasteiger partial charge in [-0.2, -0.15) is 0 Å². The molecule has 0 aromatic carbocycles. The second-order valence-electron chi connectivity index (χ2n) is 5.68. The molecule has 0 bridgehead atoms. The lowest BCUT2D eigenvalue weighted by Gasteiger charge is -2.48. The van der Waals surface area contributed by atoms with E-state index in [-0.39, 0.29) is 11.5 Å². The summed E-state index contributed by atoms with van der Waals surface area (Å²) in [6.07, 6.45) is 0.622. The van der Waals surface area contributed by atoms with Gasteiger partial charge >= 0.3 is 0 Å². The van der Waals surface area contributed by atoms with Gasteiger partial charge in [0, 0.05) is 17.2 Å². The topological polar surface area (TPSA) is 39.7 Å². The van der Waals surface area contributed by atoms with Crippen LogP contribution in [-0.2, 0) is 0 Å². The lowest BCUT2D eigenvalue weighted by Crippen LogP contribution is -3.02. The van der Waals surface area contributed by atoms with Gasteiger partial charge in [0.15, 0.2) is 0 Å². The predicted octanol–water partition coefficient (Wildman–Crippen LogP) is 0.497. The Morgan fingerprint density at radius 3 is 2.43 bits per heavy atom. The Morgan fingerprint density at radius 1 is 1.43 bits per heavy atom.